The number of nitrogens with zero attached hydrogens (tertiary/aromatic N) is 1. The molecule has 1 unspecified atom stereocenters. The molecule has 1 atom stereocenters. The number of nitro benzene ring substituents is 1. The Hall–Kier alpha value is -3.02. The van der Waals surface area contributed by atoms with Crippen molar-refractivity contribution in [3.8, 4) is 0 Å². The standard InChI is InChI=1S/C20H23ClN4O6S/c1-12(2)18(24-19(26)16-8-7-14(25(28)29)10-17(16)21)20(27)23-11-13-5-4-6-15(9-13)32(30,31)22-3/h4-10,12,18,22H,11H2,1-3H3,(H,23,27)(H,24,26). The minimum absolute atomic E-state index is 0.000639. The summed E-state index contributed by atoms with van der Waals surface area (Å²) in [4.78, 5) is 35.6. The van der Waals surface area contributed by atoms with Gasteiger partial charge in [-0.3, -0.25) is 19.7 Å². The highest BCUT2D eigenvalue weighted by atomic mass is 35.5. The van der Waals surface area contributed by atoms with Crippen molar-refractivity contribution < 1.29 is 22.9 Å². The lowest BCUT2D eigenvalue weighted by Crippen LogP contribution is -2.49. The molecule has 10 nitrogen and oxygen atoms in total. The van der Waals surface area contributed by atoms with E-state index in [0.29, 0.717) is 5.56 Å². The molecule has 32 heavy (non-hydrogen) atoms. The van der Waals surface area contributed by atoms with E-state index in [1.54, 1.807) is 26.0 Å². The predicted octanol–water partition coefficient (Wildman–Crippen LogP) is 2.23. The lowest BCUT2D eigenvalue weighted by molar-refractivity contribution is -0.384. The number of rotatable bonds is 9. The molecule has 0 bridgehead atoms. The fourth-order valence-corrected chi connectivity index (χ4v) is 3.86. The fraction of sp³-hybridized carbons (Fsp3) is 0.300. The number of benzene rings is 2. The highest BCUT2D eigenvalue weighted by Crippen LogP contribution is 2.22. The van der Waals surface area contributed by atoms with E-state index in [2.05, 4.69) is 15.4 Å². The Labute approximate surface area is 190 Å². The van der Waals surface area contributed by atoms with Crippen LogP contribution in [0.4, 0.5) is 5.69 Å². The van der Waals surface area contributed by atoms with Crippen LogP contribution >= 0.6 is 11.6 Å². The molecule has 3 N–H and O–H groups in total. The van der Waals surface area contributed by atoms with E-state index in [0.717, 1.165) is 12.1 Å². The summed E-state index contributed by atoms with van der Waals surface area (Å²) in [6, 6.07) is 8.61. The molecule has 2 rings (SSSR count). The second kappa shape index (κ2) is 10.5. The number of nitro groups is 1. The number of sulfonamides is 1. The van der Waals surface area contributed by atoms with Crippen molar-refractivity contribution in [2.75, 3.05) is 7.05 Å². The van der Waals surface area contributed by atoms with Gasteiger partial charge >= 0.3 is 0 Å². The third-order valence-electron chi connectivity index (χ3n) is 4.59. The first-order chi connectivity index (χ1) is 15.0. The lowest BCUT2D eigenvalue weighted by Gasteiger charge is -2.22. The molecule has 2 amide bonds. The Morgan fingerprint density at radius 1 is 1.16 bits per heavy atom. The zero-order valence-corrected chi connectivity index (χ0v) is 19.2. The van der Waals surface area contributed by atoms with Crippen LogP contribution in [0, 0.1) is 16.0 Å². The molecule has 2 aromatic carbocycles. The largest absolute Gasteiger partial charge is 0.350 e. The average Bonchev–Trinajstić information content (AvgIpc) is 2.75. The first kappa shape index (κ1) is 25.2. The summed E-state index contributed by atoms with van der Waals surface area (Å²) in [6.07, 6.45) is 0. The van der Waals surface area contributed by atoms with Gasteiger partial charge in [0.05, 0.1) is 20.4 Å². The van der Waals surface area contributed by atoms with Crippen LogP contribution in [0.2, 0.25) is 5.02 Å². The number of carbonyl (C=O) groups excluding carboxylic acids is 2. The fourth-order valence-electron chi connectivity index (χ4n) is 2.80. The maximum atomic E-state index is 12.7. The van der Waals surface area contributed by atoms with Crippen LogP contribution < -0.4 is 15.4 Å². The summed E-state index contributed by atoms with van der Waals surface area (Å²) in [5.74, 6) is -1.42. The van der Waals surface area contributed by atoms with Gasteiger partial charge in [-0.05, 0) is 36.7 Å². The van der Waals surface area contributed by atoms with Gasteiger partial charge in [0.2, 0.25) is 15.9 Å². The van der Waals surface area contributed by atoms with Crippen molar-refractivity contribution in [1.82, 2.24) is 15.4 Å². The highest BCUT2D eigenvalue weighted by Gasteiger charge is 2.26. The number of hydrogen-bond acceptors (Lipinski definition) is 6. The third kappa shape index (κ3) is 6.25. The molecule has 172 valence electrons. The summed E-state index contributed by atoms with van der Waals surface area (Å²) in [7, 11) is -2.32. The van der Waals surface area contributed by atoms with Gasteiger partial charge in [0, 0.05) is 18.7 Å². The number of carbonyl (C=O) groups is 2. The van der Waals surface area contributed by atoms with Crippen LogP contribution in [-0.2, 0) is 21.4 Å². The Morgan fingerprint density at radius 2 is 1.84 bits per heavy atom. The molecule has 0 aromatic heterocycles. The number of amides is 2. The molecule has 2 aromatic rings. The van der Waals surface area contributed by atoms with Crippen LogP contribution in [0.3, 0.4) is 0 Å². The minimum Gasteiger partial charge on any atom is -0.350 e. The third-order valence-corrected chi connectivity index (χ3v) is 6.31. The first-order valence-corrected chi connectivity index (χ1v) is 11.4. The molecule has 0 radical (unpaired) electrons. The summed E-state index contributed by atoms with van der Waals surface area (Å²) < 4.78 is 26.1. The summed E-state index contributed by atoms with van der Waals surface area (Å²) in [5, 5.41) is 16.0. The summed E-state index contributed by atoms with van der Waals surface area (Å²) in [6.45, 7) is 3.52. The van der Waals surface area contributed by atoms with Crippen molar-refractivity contribution in [1.29, 1.82) is 0 Å². The zero-order valence-electron chi connectivity index (χ0n) is 17.6. The van der Waals surface area contributed by atoms with Gasteiger partial charge < -0.3 is 10.6 Å². The molecule has 0 aliphatic carbocycles. The molecule has 0 saturated carbocycles. The Kier molecular flexibility index (Phi) is 8.31. The summed E-state index contributed by atoms with van der Waals surface area (Å²) in [5.41, 5.74) is 0.301. The van der Waals surface area contributed by atoms with Gasteiger partial charge in [0.1, 0.15) is 6.04 Å². The van der Waals surface area contributed by atoms with E-state index in [1.807, 2.05) is 0 Å². The molecule has 0 fully saturated rings. The maximum Gasteiger partial charge on any atom is 0.270 e. The molecule has 12 heteroatoms. The topological polar surface area (TPSA) is 148 Å². The number of halogens is 1. The predicted molar refractivity (Wildman–Crippen MR) is 119 cm³/mol. The number of nitrogens with one attached hydrogen (secondary N) is 3. The second-order valence-electron chi connectivity index (χ2n) is 7.19. The van der Waals surface area contributed by atoms with E-state index < -0.39 is 32.8 Å². The van der Waals surface area contributed by atoms with Crippen molar-refractivity contribution in [2.45, 2.75) is 31.3 Å². The van der Waals surface area contributed by atoms with E-state index in [4.69, 9.17) is 11.6 Å². The van der Waals surface area contributed by atoms with Crippen LogP contribution in [0.25, 0.3) is 0 Å². The van der Waals surface area contributed by atoms with Crippen molar-refractivity contribution in [3.05, 3.63) is 68.7 Å². The van der Waals surface area contributed by atoms with Gasteiger partial charge in [0.25, 0.3) is 11.6 Å². The van der Waals surface area contributed by atoms with Crippen molar-refractivity contribution in [2.24, 2.45) is 5.92 Å². The van der Waals surface area contributed by atoms with Crippen molar-refractivity contribution >= 4 is 39.1 Å². The molecule has 0 spiro atoms. The highest BCUT2D eigenvalue weighted by molar-refractivity contribution is 7.89. The van der Waals surface area contributed by atoms with Gasteiger partial charge in [0.15, 0.2) is 0 Å². The molecular weight excluding hydrogens is 460 g/mol. The van der Waals surface area contributed by atoms with Crippen LogP contribution in [0.15, 0.2) is 47.4 Å². The SMILES string of the molecule is CNS(=O)(=O)c1cccc(CNC(=O)C(NC(=O)c2ccc([N+](=O)[O-])cc2Cl)C(C)C)c1. The number of non-ortho nitro benzene ring substituents is 1. The summed E-state index contributed by atoms with van der Waals surface area (Å²) >= 11 is 6.00. The maximum absolute atomic E-state index is 12.7. The van der Waals surface area contributed by atoms with E-state index in [-0.39, 0.29) is 33.6 Å². The van der Waals surface area contributed by atoms with E-state index in [1.165, 1.54) is 25.2 Å². The van der Waals surface area contributed by atoms with Gasteiger partial charge in [-0.2, -0.15) is 0 Å². The zero-order chi connectivity index (χ0) is 24.1. The van der Waals surface area contributed by atoms with Crippen LogP contribution in [0.1, 0.15) is 29.8 Å². The van der Waals surface area contributed by atoms with Gasteiger partial charge in [-0.25, -0.2) is 13.1 Å². The van der Waals surface area contributed by atoms with Crippen molar-refractivity contribution in [3.63, 3.8) is 0 Å². The lowest BCUT2D eigenvalue weighted by atomic mass is 10.0. The van der Waals surface area contributed by atoms with E-state index >= 15 is 0 Å². The van der Waals surface area contributed by atoms with Gasteiger partial charge in [-0.1, -0.05) is 37.6 Å². The second-order valence-corrected chi connectivity index (χ2v) is 9.48. The Bertz CT molecular complexity index is 1140. The molecule has 0 saturated heterocycles. The normalized spacial score (nSPS) is 12.3. The molecule has 0 aliphatic rings. The first-order valence-electron chi connectivity index (χ1n) is 9.51. The number of hydrogen-bond donors (Lipinski definition) is 3. The quantitative estimate of drug-likeness (QED) is 0.368. The van der Waals surface area contributed by atoms with Gasteiger partial charge in [-0.15, -0.1) is 0 Å². The minimum atomic E-state index is -3.62. The average molecular weight is 483 g/mol. The monoisotopic (exact) mass is 482 g/mol. The Balaban J connectivity index is 2.11. The molecule has 0 heterocycles. The smallest absolute Gasteiger partial charge is 0.270 e. The Morgan fingerprint density at radius 3 is 2.41 bits per heavy atom. The van der Waals surface area contributed by atoms with Crippen LogP contribution in [0.5, 0.6) is 0 Å². The molecule has 0 aliphatic heterocycles. The van der Waals surface area contributed by atoms with E-state index in [9.17, 15) is 28.1 Å². The molecular formula is C20H23ClN4O6S. The van der Waals surface area contributed by atoms with Crippen LogP contribution in [-0.4, -0.2) is 38.2 Å².